The molecule has 2 aromatic heterocycles. The number of imidazole rings is 1. The van der Waals surface area contributed by atoms with Crippen LogP contribution in [0.4, 0.5) is 13.2 Å². The van der Waals surface area contributed by atoms with E-state index < -0.39 is 11.7 Å². The zero-order valence-electron chi connectivity index (χ0n) is 28.3. The quantitative estimate of drug-likeness (QED) is 0.332. The van der Waals surface area contributed by atoms with E-state index in [9.17, 15) is 23.1 Å². The second-order valence-electron chi connectivity index (χ2n) is 16.0. The smallest absolute Gasteiger partial charge is 0.396 e. The first-order valence-corrected chi connectivity index (χ1v) is 18.5. The lowest BCUT2D eigenvalue weighted by atomic mass is 9.61. The second-order valence-corrected chi connectivity index (χ2v) is 16.0. The first-order chi connectivity index (χ1) is 22.6. The molecular formula is C36H55F3N6O2. The molecule has 2 aromatic rings. The van der Waals surface area contributed by atoms with Gasteiger partial charge < -0.3 is 5.11 Å². The molecule has 3 unspecified atom stereocenters. The van der Waals surface area contributed by atoms with E-state index in [2.05, 4.69) is 34.6 Å². The molecule has 3 saturated carbocycles. The molecule has 4 heterocycles. The third-order valence-corrected chi connectivity index (χ3v) is 12.8. The molecule has 3 aliphatic carbocycles. The molecule has 0 amide bonds. The van der Waals surface area contributed by atoms with Crippen molar-refractivity contribution in [2.24, 2.45) is 29.6 Å². The van der Waals surface area contributed by atoms with Crippen molar-refractivity contribution in [1.82, 2.24) is 29.6 Å². The van der Waals surface area contributed by atoms with E-state index in [1.54, 1.807) is 10.8 Å². The predicted molar refractivity (Wildman–Crippen MR) is 176 cm³/mol. The molecule has 1 spiro atoms. The number of hydrogen-bond donors (Lipinski definition) is 3. The van der Waals surface area contributed by atoms with Gasteiger partial charge in [-0.15, -0.1) is 0 Å². The van der Waals surface area contributed by atoms with Crippen molar-refractivity contribution in [2.75, 3.05) is 26.7 Å². The van der Waals surface area contributed by atoms with Crippen molar-refractivity contribution in [3.63, 3.8) is 0 Å². The van der Waals surface area contributed by atoms with E-state index in [0.717, 1.165) is 77.3 Å². The SMILES string of the molecule is C[C@H]1CCCN(Cc2cc(C(F)(F)F)c3cn(C4CCCC([C@H](C5CC(CO)C5)C5NNC6(CCCCCC6)N5C)C4)c(=O)n3c2)C1. The topological polar surface area (TPSA) is 77.2 Å². The van der Waals surface area contributed by atoms with Crippen molar-refractivity contribution >= 4 is 5.52 Å². The van der Waals surface area contributed by atoms with Crippen LogP contribution in [-0.4, -0.2) is 62.4 Å². The third kappa shape index (κ3) is 6.56. The van der Waals surface area contributed by atoms with Crippen LogP contribution in [0, 0.1) is 29.6 Å². The number of likely N-dealkylation sites (tertiary alicyclic amines) is 1. The number of halogens is 3. The molecule has 8 nitrogen and oxygen atoms in total. The van der Waals surface area contributed by atoms with Crippen molar-refractivity contribution in [2.45, 2.75) is 127 Å². The number of hydrogen-bond acceptors (Lipinski definition) is 6. The van der Waals surface area contributed by atoms with Crippen LogP contribution >= 0.6 is 0 Å². The number of piperidine rings is 1. The maximum Gasteiger partial charge on any atom is 0.418 e. The van der Waals surface area contributed by atoms with E-state index in [1.807, 2.05) is 0 Å². The standard InChI is InChI=1S/C36H55F3N6O2/c1-24-9-8-14-43(19-24)20-26-17-30(36(37,38)39)31-22-44(34(47)45(31)21-26)29-11-7-10-27(18-29)32(28-15-25(16-28)23-46)33-40-41-35(42(33)2)12-5-3-4-6-13-35/h17,21-22,24-25,27-29,32-33,40-41,46H,3-16,18-20,23H2,1-2H3/t24-,25?,27?,28?,29?,32+,33?/m0/s1. The Morgan fingerprint density at radius 3 is 2.47 bits per heavy atom. The lowest BCUT2D eigenvalue weighted by molar-refractivity contribution is -0.136. The minimum Gasteiger partial charge on any atom is -0.396 e. The molecule has 3 N–H and O–H groups in total. The minimum absolute atomic E-state index is 0.0431. The number of alkyl halides is 3. The van der Waals surface area contributed by atoms with Crippen molar-refractivity contribution < 1.29 is 18.3 Å². The van der Waals surface area contributed by atoms with Crippen LogP contribution in [0.25, 0.3) is 5.52 Å². The van der Waals surface area contributed by atoms with Gasteiger partial charge in [0, 0.05) is 38.1 Å². The number of pyridine rings is 1. The minimum atomic E-state index is -4.55. The number of aliphatic hydroxyl groups excluding tert-OH is 1. The zero-order valence-corrected chi connectivity index (χ0v) is 28.3. The van der Waals surface area contributed by atoms with Crippen LogP contribution in [0.15, 0.2) is 23.3 Å². The van der Waals surface area contributed by atoms with Crippen molar-refractivity contribution in [3.8, 4) is 0 Å². The highest BCUT2D eigenvalue weighted by Crippen LogP contribution is 2.50. The Balaban J connectivity index is 1.17. The Bertz CT molecular complexity index is 1440. The fourth-order valence-corrected chi connectivity index (χ4v) is 10.3. The summed E-state index contributed by atoms with van der Waals surface area (Å²) in [6.45, 7) is 4.56. The van der Waals surface area contributed by atoms with Crippen LogP contribution < -0.4 is 16.5 Å². The lowest BCUT2D eigenvalue weighted by Gasteiger charge is -2.49. The number of nitrogens with zero attached hydrogens (tertiary/aromatic N) is 4. The summed E-state index contributed by atoms with van der Waals surface area (Å²) >= 11 is 0. The Morgan fingerprint density at radius 2 is 1.77 bits per heavy atom. The monoisotopic (exact) mass is 660 g/mol. The summed E-state index contributed by atoms with van der Waals surface area (Å²) in [4.78, 5) is 18.8. The van der Waals surface area contributed by atoms with Gasteiger partial charge in [-0.1, -0.05) is 39.0 Å². The normalized spacial score (nSPS) is 33.2. The summed E-state index contributed by atoms with van der Waals surface area (Å²) in [6, 6.07) is 1.13. The van der Waals surface area contributed by atoms with Crippen molar-refractivity contribution in [1.29, 1.82) is 0 Å². The molecule has 0 bridgehead atoms. The fourth-order valence-electron chi connectivity index (χ4n) is 10.3. The van der Waals surface area contributed by atoms with Gasteiger partial charge in [-0.3, -0.25) is 18.8 Å². The maximum atomic E-state index is 14.5. The van der Waals surface area contributed by atoms with Crippen LogP contribution in [0.2, 0.25) is 0 Å². The van der Waals surface area contributed by atoms with Gasteiger partial charge in [0.1, 0.15) is 0 Å². The molecule has 0 aromatic carbocycles. The van der Waals surface area contributed by atoms with Gasteiger partial charge in [-0.2, -0.15) is 13.2 Å². The second kappa shape index (κ2) is 13.4. The molecule has 2 saturated heterocycles. The summed E-state index contributed by atoms with van der Waals surface area (Å²) < 4.78 is 46.4. The molecule has 5 aliphatic rings. The van der Waals surface area contributed by atoms with Gasteiger partial charge in [0.25, 0.3) is 0 Å². The van der Waals surface area contributed by atoms with Crippen LogP contribution in [-0.2, 0) is 12.7 Å². The van der Waals surface area contributed by atoms with Crippen LogP contribution in [0.1, 0.15) is 114 Å². The molecule has 2 aliphatic heterocycles. The number of nitrogens with one attached hydrogen (secondary N) is 2. The molecule has 7 rings (SSSR count). The predicted octanol–water partition coefficient (Wildman–Crippen LogP) is 6.13. The molecule has 0 radical (unpaired) electrons. The first kappa shape index (κ1) is 33.6. The largest absolute Gasteiger partial charge is 0.418 e. The number of fused-ring (bicyclic) bond motifs is 1. The summed E-state index contributed by atoms with van der Waals surface area (Å²) in [5.41, 5.74) is 6.85. The van der Waals surface area contributed by atoms with Gasteiger partial charge >= 0.3 is 11.9 Å². The molecular weight excluding hydrogens is 605 g/mol. The number of aliphatic hydroxyl groups is 1. The number of rotatable bonds is 7. The Labute approximate surface area is 277 Å². The Hall–Kier alpha value is -1.92. The first-order valence-electron chi connectivity index (χ1n) is 18.5. The van der Waals surface area contributed by atoms with Gasteiger partial charge in [0.15, 0.2) is 0 Å². The van der Waals surface area contributed by atoms with E-state index >= 15 is 0 Å². The Morgan fingerprint density at radius 1 is 1.00 bits per heavy atom. The number of aromatic nitrogens is 2. The van der Waals surface area contributed by atoms with E-state index in [1.165, 1.54) is 42.3 Å². The number of hydrazine groups is 1. The molecule has 11 heteroatoms. The maximum absolute atomic E-state index is 14.5. The van der Waals surface area contributed by atoms with Gasteiger partial charge in [-0.25, -0.2) is 15.6 Å². The van der Waals surface area contributed by atoms with E-state index in [-0.39, 0.29) is 35.7 Å². The molecule has 47 heavy (non-hydrogen) atoms. The molecule has 5 atom stereocenters. The summed E-state index contributed by atoms with van der Waals surface area (Å²) in [5.74, 6) is 1.99. The summed E-state index contributed by atoms with van der Waals surface area (Å²) in [7, 11) is 2.25. The fraction of sp³-hybridized carbons (Fsp3) is 0.806. The lowest BCUT2D eigenvalue weighted by Crippen LogP contribution is -2.54. The van der Waals surface area contributed by atoms with Crippen LogP contribution in [0.3, 0.4) is 0 Å². The third-order valence-electron chi connectivity index (χ3n) is 12.8. The highest BCUT2D eigenvalue weighted by molar-refractivity contribution is 5.56. The molecule has 262 valence electrons. The average molecular weight is 661 g/mol. The highest BCUT2D eigenvalue weighted by Gasteiger charge is 2.52. The zero-order chi connectivity index (χ0) is 32.9. The summed E-state index contributed by atoms with van der Waals surface area (Å²) in [6.07, 6.45) is 13.7. The van der Waals surface area contributed by atoms with Gasteiger partial charge in [0.2, 0.25) is 0 Å². The van der Waals surface area contributed by atoms with Crippen molar-refractivity contribution in [3.05, 3.63) is 40.1 Å². The van der Waals surface area contributed by atoms with Gasteiger partial charge in [-0.05, 0) is 113 Å². The van der Waals surface area contributed by atoms with E-state index in [0.29, 0.717) is 41.7 Å². The average Bonchev–Trinajstić information content (AvgIpc) is 3.38. The summed E-state index contributed by atoms with van der Waals surface area (Å²) in [5, 5.41) is 9.87. The van der Waals surface area contributed by atoms with Gasteiger partial charge in [0.05, 0.1) is 22.9 Å². The Kier molecular flexibility index (Phi) is 9.58. The molecule has 5 fully saturated rings. The van der Waals surface area contributed by atoms with E-state index in [4.69, 9.17) is 0 Å². The van der Waals surface area contributed by atoms with Crippen LogP contribution in [0.5, 0.6) is 0 Å². The highest BCUT2D eigenvalue weighted by atomic mass is 19.4.